The van der Waals surface area contributed by atoms with Gasteiger partial charge in [0.25, 0.3) is 0 Å². The molecule has 2 N–H and O–H groups in total. The quantitative estimate of drug-likeness (QED) is 0.264. The largest absolute Gasteiger partial charge is 0.443 e. The van der Waals surface area contributed by atoms with E-state index < -0.39 is 0 Å². The molecule has 1 aromatic carbocycles. The number of guanidine groups is 1. The zero-order valence-corrected chi connectivity index (χ0v) is 20.7. The van der Waals surface area contributed by atoms with E-state index >= 15 is 0 Å². The van der Waals surface area contributed by atoms with E-state index in [0.717, 1.165) is 49.4 Å². The molecular weight excluding hydrogens is 525 g/mol. The lowest BCUT2D eigenvalue weighted by Crippen LogP contribution is -2.37. The number of hydrogen-bond donors (Lipinski definition) is 2. The third-order valence-electron chi connectivity index (χ3n) is 5.01. The van der Waals surface area contributed by atoms with Gasteiger partial charge in [-0.3, -0.25) is 9.89 Å². The zero-order chi connectivity index (χ0) is 20.6. The van der Waals surface area contributed by atoms with Gasteiger partial charge in [-0.1, -0.05) is 30.3 Å². The molecule has 1 aliphatic heterocycles. The summed E-state index contributed by atoms with van der Waals surface area (Å²) in [5.74, 6) is 1.39. The standard InChI is InChI=1S/C22H27N5O2S.HI/c1-23-22(25-14-19-16-29-21(26-19)20-7-4-12-30-20)24-13-17-5-2-3-6-18(17)15-27-8-10-28-11-9-27;/h2-7,12,16H,8-11,13-15H2,1H3,(H2,23,24,25);1H. The Morgan fingerprint density at radius 2 is 1.87 bits per heavy atom. The Morgan fingerprint density at radius 3 is 2.61 bits per heavy atom. The van der Waals surface area contributed by atoms with Crippen LogP contribution in [-0.4, -0.2) is 49.2 Å². The van der Waals surface area contributed by atoms with Crippen molar-refractivity contribution in [3.63, 3.8) is 0 Å². The third-order valence-corrected chi connectivity index (χ3v) is 5.86. The third kappa shape index (κ3) is 6.76. The maximum atomic E-state index is 5.58. The highest BCUT2D eigenvalue weighted by molar-refractivity contribution is 14.0. The van der Waals surface area contributed by atoms with Gasteiger partial charge in [-0.15, -0.1) is 35.3 Å². The lowest BCUT2D eigenvalue weighted by Gasteiger charge is -2.27. The second-order valence-electron chi connectivity index (χ2n) is 7.06. The summed E-state index contributed by atoms with van der Waals surface area (Å²) >= 11 is 1.61. The molecular formula is C22H28IN5O2S. The van der Waals surface area contributed by atoms with Gasteiger partial charge in [0.2, 0.25) is 5.89 Å². The lowest BCUT2D eigenvalue weighted by atomic mass is 10.1. The summed E-state index contributed by atoms with van der Waals surface area (Å²) in [6.07, 6.45) is 1.69. The minimum Gasteiger partial charge on any atom is -0.443 e. The lowest BCUT2D eigenvalue weighted by molar-refractivity contribution is 0.0341. The maximum Gasteiger partial charge on any atom is 0.236 e. The van der Waals surface area contributed by atoms with Crippen LogP contribution >= 0.6 is 35.3 Å². The monoisotopic (exact) mass is 553 g/mol. The van der Waals surface area contributed by atoms with Crippen molar-refractivity contribution in [2.24, 2.45) is 4.99 Å². The smallest absolute Gasteiger partial charge is 0.236 e. The molecule has 0 bridgehead atoms. The van der Waals surface area contributed by atoms with Crippen LogP contribution in [0.2, 0.25) is 0 Å². The number of aliphatic imine (C=N–C) groups is 1. The van der Waals surface area contributed by atoms with Crippen molar-refractivity contribution >= 4 is 41.3 Å². The van der Waals surface area contributed by atoms with Crippen LogP contribution in [0.3, 0.4) is 0 Å². The summed E-state index contributed by atoms with van der Waals surface area (Å²) in [6.45, 7) is 5.79. The van der Waals surface area contributed by atoms with E-state index in [1.54, 1.807) is 24.6 Å². The number of hydrogen-bond acceptors (Lipinski definition) is 6. The van der Waals surface area contributed by atoms with Gasteiger partial charge in [-0.05, 0) is 22.6 Å². The van der Waals surface area contributed by atoms with Gasteiger partial charge in [0, 0.05) is 33.2 Å². The second-order valence-corrected chi connectivity index (χ2v) is 8.01. The van der Waals surface area contributed by atoms with E-state index in [2.05, 4.69) is 49.8 Å². The summed E-state index contributed by atoms with van der Waals surface area (Å²) in [5.41, 5.74) is 3.45. The Labute approximate surface area is 203 Å². The molecule has 3 heterocycles. The number of nitrogens with one attached hydrogen (secondary N) is 2. The van der Waals surface area contributed by atoms with Gasteiger partial charge in [0.15, 0.2) is 5.96 Å². The minimum atomic E-state index is 0. The van der Waals surface area contributed by atoms with Gasteiger partial charge >= 0.3 is 0 Å². The van der Waals surface area contributed by atoms with E-state index in [1.807, 2.05) is 17.5 Å². The van der Waals surface area contributed by atoms with Crippen LogP contribution < -0.4 is 10.6 Å². The molecule has 1 fully saturated rings. The van der Waals surface area contributed by atoms with Gasteiger partial charge in [-0.2, -0.15) is 0 Å². The summed E-state index contributed by atoms with van der Waals surface area (Å²) in [5, 5.41) is 8.73. The fourth-order valence-corrected chi connectivity index (χ4v) is 4.02. The number of rotatable bonds is 7. The average molecular weight is 553 g/mol. The first kappa shape index (κ1) is 23.7. The van der Waals surface area contributed by atoms with Crippen LogP contribution in [0.5, 0.6) is 0 Å². The Hall–Kier alpha value is -1.95. The van der Waals surface area contributed by atoms with E-state index in [1.165, 1.54) is 11.1 Å². The molecule has 3 aromatic rings. The topological polar surface area (TPSA) is 74.9 Å². The van der Waals surface area contributed by atoms with Crippen LogP contribution in [0.25, 0.3) is 10.8 Å². The Balaban J connectivity index is 0.00000272. The van der Waals surface area contributed by atoms with Crippen LogP contribution in [-0.2, 0) is 24.4 Å². The SMILES string of the molecule is CN=C(NCc1coc(-c2cccs2)n1)NCc1ccccc1CN1CCOCC1.I. The van der Waals surface area contributed by atoms with Crippen LogP contribution in [0, 0.1) is 0 Å². The highest BCUT2D eigenvalue weighted by atomic mass is 127. The molecule has 0 saturated carbocycles. The molecule has 0 atom stereocenters. The van der Waals surface area contributed by atoms with Crippen molar-refractivity contribution in [3.05, 3.63) is 64.9 Å². The normalized spacial score (nSPS) is 14.8. The average Bonchev–Trinajstić information content (AvgIpc) is 3.48. The predicted octanol–water partition coefficient (Wildman–Crippen LogP) is 3.72. The van der Waals surface area contributed by atoms with E-state index in [4.69, 9.17) is 9.15 Å². The Bertz CT molecular complexity index is 954. The fraction of sp³-hybridized carbons (Fsp3) is 0.364. The highest BCUT2D eigenvalue weighted by Gasteiger charge is 2.13. The van der Waals surface area contributed by atoms with Gasteiger partial charge in [0.05, 0.1) is 30.3 Å². The van der Waals surface area contributed by atoms with Crippen molar-refractivity contribution < 1.29 is 9.15 Å². The van der Waals surface area contributed by atoms with Gasteiger partial charge in [0.1, 0.15) is 6.26 Å². The number of halogens is 1. The van der Waals surface area contributed by atoms with Crippen molar-refractivity contribution in [1.82, 2.24) is 20.5 Å². The summed E-state index contributed by atoms with van der Waals surface area (Å²) in [4.78, 5) is 12.3. The molecule has 0 aliphatic carbocycles. The summed E-state index contributed by atoms with van der Waals surface area (Å²) < 4.78 is 11.0. The highest BCUT2D eigenvalue weighted by Crippen LogP contribution is 2.23. The molecule has 7 nitrogen and oxygen atoms in total. The van der Waals surface area contributed by atoms with E-state index in [9.17, 15) is 0 Å². The number of morpholine rings is 1. The van der Waals surface area contributed by atoms with Gasteiger partial charge in [-0.25, -0.2) is 4.98 Å². The number of ether oxygens (including phenoxy) is 1. The van der Waals surface area contributed by atoms with Crippen LogP contribution in [0.1, 0.15) is 16.8 Å². The first-order chi connectivity index (χ1) is 14.8. The molecule has 1 aliphatic rings. The fourth-order valence-electron chi connectivity index (χ4n) is 3.36. The molecule has 0 radical (unpaired) electrons. The summed E-state index contributed by atoms with van der Waals surface area (Å²) in [6, 6.07) is 12.5. The Kier molecular flexibility index (Phi) is 9.31. The molecule has 4 rings (SSSR count). The molecule has 0 unspecified atom stereocenters. The molecule has 31 heavy (non-hydrogen) atoms. The molecule has 166 valence electrons. The molecule has 1 saturated heterocycles. The predicted molar refractivity (Wildman–Crippen MR) is 135 cm³/mol. The number of thiophene rings is 1. The minimum absolute atomic E-state index is 0. The van der Waals surface area contributed by atoms with Crippen molar-refractivity contribution in [1.29, 1.82) is 0 Å². The number of oxazole rings is 1. The first-order valence-electron chi connectivity index (χ1n) is 10.1. The van der Waals surface area contributed by atoms with E-state index in [-0.39, 0.29) is 24.0 Å². The Morgan fingerprint density at radius 1 is 1.10 bits per heavy atom. The van der Waals surface area contributed by atoms with Crippen molar-refractivity contribution in [2.75, 3.05) is 33.4 Å². The van der Waals surface area contributed by atoms with E-state index in [0.29, 0.717) is 19.0 Å². The number of benzene rings is 1. The van der Waals surface area contributed by atoms with Gasteiger partial charge < -0.3 is 19.8 Å². The van der Waals surface area contributed by atoms with Crippen LogP contribution in [0.4, 0.5) is 0 Å². The van der Waals surface area contributed by atoms with Crippen molar-refractivity contribution in [3.8, 4) is 10.8 Å². The summed E-state index contributed by atoms with van der Waals surface area (Å²) in [7, 11) is 1.77. The van der Waals surface area contributed by atoms with Crippen molar-refractivity contribution in [2.45, 2.75) is 19.6 Å². The van der Waals surface area contributed by atoms with Crippen LogP contribution in [0.15, 0.2) is 57.5 Å². The molecule has 0 spiro atoms. The number of nitrogens with zero attached hydrogens (tertiary/aromatic N) is 3. The maximum absolute atomic E-state index is 5.58. The second kappa shape index (κ2) is 12.2. The molecule has 2 aromatic heterocycles. The first-order valence-corrected chi connectivity index (χ1v) is 11.0. The zero-order valence-electron chi connectivity index (χ0n) is 17.5. The molecule has 9 heteroatoms. The number of aromatic nitrogens is 1. The molecule has 0 amide bonds.